The summed E-state index contributed by atoms with van der Waals surface area (Å²) in [5.74, 6) is 0. The molecule has 0 amide bonds. The summed E-state index contributed by atoms with van der Waals surface area (Å²) in [4.78, 5) is 4.22. The molecule has 0 atom stereocenters. The lowest BCUT2D eigenvalue weighted by molar-refractivity contribution is 0.568. The summed E-state index contributed by atoms with van der Waals surface area (Å²) >= 11 is 0. The number of allylic oxidation sites excluding steroid dienone is 1. The molecule has 0 spiro atoms. The largest absolute Gasteiger partial charge is 0.306 e. The fraction of sp³-hybridized carbons (Fsp3) is 0.368. The second-order valence-corrected chi connectivity index (χ2v) is 5.88. The van der Waals surface area contributed by atoms with Gasteiger partial charge in [-0.1, -0.05) is 31.4 Å². The van der Waals surface area contributed by atoms with Crippen LogP contribution >= 0.6 is 0 Å². The molecule has 0 N–H and O–H groups in total. The number of hydrogen-bond acceptors (Lipinski definition) is 2. The van der Waals surface area contributed by atoms with Crippen LogP contribution in [0.5, 0.6) is 0 Å². The van der Waals surface area contributed by atoms with Crippen LogP contribution in [0.15, 0.2) is 48.6 Å². The van der Waals surface area contributed by atoms with Crippen LogP contribution in [0.25, 0.3) is 5.70 Å². The first kappa shape index (κ1) is 14.6. The van der Waals surface area contributed by atoms with Gasteiger partial charge in [0.15, 0.2) is 0 Å². The van der Waals surface area contributed by atoms with Gasteiger partial charge in [0.2, 0.25) is 0 Å². The molecule has 1 aliphatic carbocycles. The van der Waals surface area contributed by atoms with Crippen LogP contribution in [-0.2, 0) is 0 Å². The lowest BCUT2D eigenvalue weighted by Crippen LogP contribution is -2.03. The van der Waals surface area contributed by atoms with Crippen LogP contribution < -0.4 is 0 Å². The number of hydrogen-bond donors (Lipinski definition) is 0. The lowest BCUT2D eigenvalue weighted by Gasteiger charge is -2.19. The fourth-order valence-corrected chi connectivity index (χ4v) is 3.20. The third-order valence-electron chi connectivity index (χ3n) is 4.34. The van der Waals surface area contributed by atoms with Crippen molar-refractivity contribution in [1.82, 2.24) is 9.55 Å². The zero-order valence-corrected chi connectivity index (χ0v) is 12.8. The predicted octanol–water partition coefficient (Wildman–Crippen LogP) is 4.76. The average molecular weight is 291 g/mol. The minimum Gasteiger partial charge on any atom is -0.306 e. The van der Waals surface area contributed by atoms with Crippen LogP contribution in [0.4, 0.5) is 0 Å². The third kappa shape index (κ3) is 3.28. The van der Waals surface area contributed by atoms with Crippen molar-refractivity contribution in [3.05, 3.63) is 59.7 Å². The van der Waals surface area contributed by atoms with Crippen LogP contribution in [0.3, 0.4) is 0 Å². The number of imidazole rings is 1. The van der Waals surface area contributed by atoms with Gasteiger partial charge in [-0.15, -0.1) is 0 Å². The van der Waals surface area contributed by atoms with E-state index in [1.807, 2.05) is 30.9 Å². The van der Waals surface area contributed by atoms with E-state index in [0.29, 0.717) is 5.56 Å². The first-order valence-electron chi connectivity index (χ1n) is 8.09. The Morgan fingerprint density at radius 3 is 2.27 bits per heavy atom. The first-order chi connectivity index (χ1) is 10.9. The van der Waals surface area contributed by atoms with Crippen LogP contribution in [0.1, 0.15) is 56.1 Å². The predicted molar refractivity (Wildman–Crippen MR) is 88.0 cm³/mol. The molecule has 1 aliphatic rings. The minimum absolute atomic E-state index is 0.705. The van der Waals surface area contributed by atoms with Gasteiger partial charge in [-0.3, -0.25) is 0 Å². The zero-order chi connectivity index (χ0) is 15.2. The van der Waals surface area contributed by atoms with Crippen molar-refractivity contribution >= 4 is 5.70 Å². The van der Waals surface area contributed by atoms with E-state index in [9.17, 15) is 0 Å². The van der Waals surface area contributed by atoms with Gasteiger partial charge in [-0.2, -0.15) is 5.26 Å². The van der Waals surface area contributed by atoms with E-state index in [1.165, 1.54) is 48.9 Å². The summed E-state index contributed by atoms with van der Waals surface area (Å²) in [5, 5.41) is 8.99. The molecule has 1 fully saturated rings. The molecule has 2 aromatic rings. The van der Waals surface area contributed by atoms with Crippen LogP contribution in [0, 0.1) is 11.3 Å². The van der Waals surface area contributed by atoms with Crippen molar-refractivity contribution in [1.29, 1.82) is 5.26 Å². The minimum atomic E-state index is 0.705. The molecule has 0 radical (unpaired) electrons. The Labute approximate surface area is 131 Å². The molecule has 3 nitrogen and oxygen atoms in total. The summed E-state index contributed by atoms with van der Waals surface area (Å²) in [6.45, 7) is 0. The van der Waals surface area contributed by atoms with E-state index in [2.05, 4.69) is 27.8 Å². The molecule has 1 saturated carbocycles. The summed E-state index contributed by atoms with van der Waals surface area (Å²) in [6.07, 6.45) is 14.6. The summed E-state index contributed by atoms with van der Waals surface area (Å²) < 4.78 is 2.12. The second kappa shape index (κ2) is 7.09. The quantitative estimate of drug-likeness (QED) is 0.800. The van der Waals surface area contributed by atoms with Gasteiger partial charge in [-0.25, -0.2) is 4.98 Å². The number of benzene rings is 1. The van der Waals surface area contributed by atoms with E-state index < -0.39 is 0 Å². The molecule has 0 bridgehead atoms. The lowest BCUT2D eigenvalue weighted by atomic mass is 9.92. The van der Waals surface area contributed by atoms with E-state index in [0.717, 1.165) is 12.8 Å². The standard InChI is InChI=1S/C19H21N3/c20-14-16-8-10-18(11-9-16)19(22-13-12-21-15-22)17-6-4-2-1-3-5-7-17/h8-13,15H,1-7H2. The summed E-state index contributed by atoms with van der Waals surface area (Å²) in [6, 6.07) is 10.1. The number of aromatic nitrogens is 2. The van der Waals surface area contributed by atoms with Crippen molar-refractivity contribution in [2.75, 3.05) is 0 Å². The number of rotatable bonds is 2. The topological polar surface area (TPSA) is 41.6 Å². The Hall–Kier alpha value is -2.34. The SMILES string of the molecule is N#Cc1ccc(C(=C2CCCCCCC2)n2ccnc2)cc1. The average Bonchev–Trinajstić information content (AvgIpc) is 3.04. The normalized spacial score (nSPS) is 15.7. The summed E-state index contributed by atoms with van der Waals surface area (Å²) in [7, 11) is 0. The summed E-state index contributed by atoms with van der Waals surface area (Å²) in [5.41, 5.74) is 4.65. The molecule has 1 heterocycles. The molecule has 3 heteroatoms. The highest BCUT2D eigenvalue weighted by molar-refractivity contribution is 5.69. The van der Waals surface area contributed by atoms with Crippen molar-refractivity contribution in [3.8, 4) is 6.07 Å². The maximum Gasteiger partial charge on any atom is 0.0991 e. The van der Waals surface area contributed by atoms with Crippen molar-refractivity contribution in [2.45, 2.75) is 44.9 Å². The third-order valence-corrected chi connectivity index (χ3v) is 4.34. The highest BCUT2D eigenvalue weighted by Gasteiger charge is 2.13. The Balaban J connectivity index is 2.04. The van der Waals surface area contributed by atoms with Crippen LogP contribution in [-0.4, -0.2) is 9.55 Å². The van der Waals surface area contributed by atoms with Gasteiger partial charge in [0.1, 0.15) is 0 Å². The Morgan fingerprint density at radius 1 is 1.00 bits per heavy atom. The van der Waals surface area contributed by atoms with Crippen LogP contribution in [0.2, 0.25) is 0 Å². The number of nitriles is 1. The Morgan fingerprint density at radius 2 is 1.68 bits per heavy atom. The molecular formula is C19H21N3. The highest BCUT2D eigenvalue weighted by Crippen LogP contribution is 2.30. The second-order valence-electron chi connectivity index (χ2n) is 5.88. The van der Waals surface area contributed by atoms with Gasteiger partial charge in [0, 0.05) is 12.4 Å². The van der Waals surface area contributed by atoms with Crippen molar-refractivity contribution in [2.24, 2.45) is 0 Å². The molecule has 3 rings (SSSR count). The monoisotopic (exact) mass is 291 g/mol. The van der Waals surface area contributed by atoms with Gasteiger partial charge in [0.25, 0.3) is 0 Å². The molecule has 0 saturated heterocycles. The van der Waals surface area contributed by atoms with Crippen molar-refractivity contribution < 1.29 is 0 Å². The number of nitrogens with zero attached hydrogens (tertiary/aromatic N) is 3. The van der Waals surface area contributed by atoms with E-state index in [1.54, 1.807) is 0 Å². The van der Waals surface area contributed by atoms with Gasteiger partial charge in [-0.05, 0) is 49.0 Å². The highest BCUT2D eigenvalue weighted by atomic mass is 15.0. The Kier molecular flexibility index (Phi) is 4.70. The first-order valence-corrected chi connectivity index (χ1v) is 8.09. The van der Waals surface area contributed by atoms with E-state index in [4.69, 9.17) is 5.26 Å². The molecule has 112 valence electrons. The molecular weight excluding hydrogens is 270 g/mol. The molecule has 0 aliphatic heterocycles. The zero-order valence-electron chi connectivity index (χ0n) is 12.8. The van der Waals surface area contributed by atoms with E-state index in [-0.39, 0.29) is 0 Å². The van der Waals surface area contributed by atoms with Gasteiger partial charge in [0.05, 0.1) is 23.7 Å². The van der Waals surface area contributed by atoms with Crippen molar-refractivity contribution in [3.63, 3.8) is 0 Å². The smallest absolute Gasteiger partial charge is 0.0991 e. The van der Waals surface area contributed by atoms with Gasteiger partial charge >= 0.3 is 0 Å². The van der Waals surface area contributed by atoms with Gasteiger partial charge < -0.3 is 4.57 Å². The molecule has 1 aromatic carbocycles. The van der Waals surface area contributed by atoms with E-state index >= 15 is 0 Å². The molecule has 0 unspecified atom stereocenters. The maximum atomic E-state index is 8.99. The fourth-order valence-electron chi connectivity index (χ4n) is 3.20. The Bertz CT molecular complexity index is 662. The molecule has 22 heavy (non-hydrogen) atoms. The maximum absolute atomic E-state index is 8.99. The molecule has 1 aromatic heterocycles.